The Morgan fingerprint density at radius 1 is 0.463 bits per heavy atom. The molecule has 0 spiro atoms. The van der Waals surface area contributed by atoms with Gasteiger partial charge in [-0.1, -0.05) is 60.7 Å². The van der Waals surface area contributed by atoms with Gasteiger partial charge in [-0.3, -0.25) is 23.7 Å². The summed E-state index contributed by atoms with van der Waals surface area (Å²) in [6, 6.07) is 40.4. The molecular formula is C52H29N2O12P. The number of esters is 2. The lowest BCUT2D eigenvalue weighted by molar-refractivity contribution is 0.0724. The quantitative estimate of drug-likeness (QED) is 0.0671. The molecule has 14 nitrogen and oxygen atoms in total. The van der Waals surface area contributed by atoms with Crippen molar-refractivity contribution in [3.05, 3.63) is 197 Å². The number of nitrogens with zero attached hydrogens (tertiary/aromatic N) is 2. The third-order valence-electron chi connectivity index (χ3n) is 11.7. The van der Waals surface area contributed by atoms with Crippen molar-refractivity contribution in [2.45, 2.75) is 0 Å². The molecular weight excluding hydrogens is 876 g/mol. The van der Waals surface area contributed by atoms with Crippen LogP contribution < -0.4 is 34.4 Å². The molecule has 0 aromatic heterocycles. The molecule has 0 aliphatic carbocycles. The van der Waals surface area contributed by atoms with Crippen LogP contribution in [0.4, 0.5) is 11.4 Å². The monoisotopic (exact) mass is 904 g/mol. The van der Waals surface area contributed by atoms with Gasteiger partial charge in [0.15, 0.2) is 5.75 Å². The Morgan fingerprint density at radius 3 is 1.52 bits per heavy atom. The Bertz CT molecular complexity index is 3590. The van der Waals surface area contributed by atoms with E-state index in [0.717, 1.165) is 9.80 Å². The third-order valence-corrected chi connectivity index (χ3v) is 14.2. The number of hydrogen-bond acceptors (Lipinski definition) is 12. The number of fused-ring (bicyclic) bond motifs is 6. The molecule has 3 aliphatic rings. The molecule has 8 aromatic rings. The van der Waals surface area contributed by atoms with E-state index in [1.807, 2.05) is 12.1 Å². The maximum Gasteiger partial charge on any atom is 0.343 e. The number of carbonyl (C=O) groups is 6. The highest BCUT2D eigenvalue weighted by molar-refractivity contribution is 7.75. The molecule has 1 unspecified atom stereocenters. The van der Waals surface area contributed by atoms with Gasteiger partial charge in [0.25, 0.3) is 23.6 Å². The number of imide groups is 2. The maximum absolute atomic E-state index is 16.0. The summed E-state index contributed by atoms with van der Waals surface area (Å²) in [5, 5.41) is 20.0. The fourth-order valence-electron chi connectivity index (χ4n) is 8.52. The topological polar surface area (TPSA) is 194 Å². The van der Waals surface area contributed by atoms with E-state index in [-0.39, 0.29) is 94.9 Å². The number of para-hydroxylation sites is 1. The second-order valence-electron chi connectivity index (χ2n) is 15.6. The lowest BCUT2D eigenvalue weighted by Gasteiger charge is -2.30. The minimum atomic E-state index is -4.36. The molecule has 0 saturated carbocycles. The minimum Gasteiger partial charge on any atom is -0.508 e. The van der Waals surface area contributed by atoms with E-state index in [1.54, 1.807) is 60.7 Å². The highest BCUT2D eigenvalue weighted by Gasteiger charge is 2.43. The smallest absolute Gasteiger partial charge is 0.343 e. The Labute approximate surface area is 378 Å². The lowest BCUT2D eigenvalue weighted by Crippen LogP contribution is -2.29. The van der Waals surface area contributed by atoms with Gasteiger partial charge in [0.05, 0.1) is 55.4 Å². The average Bonchev–Trinajstić information content (AvgIpc) is 3.75. The number of rotatable bonds is 7. The van der Waals surface area contributed by atoms with E-state index in [0.29, 0.717) is 11.1 Å². The van der Waals surface area contributed by atoms with Crippen molar-refractivity contribution in [1.82, 2.24) is 0 Å². The number of carbonyl (C=O) groups excluding carboxylic acids is 6. The highest BCUT2D eigenvalue weighted by Crippen LogP contribution is 2.56. The molecule has 0 fully saturated rings. The van der Waals surface area contributed by atoms with E-state index in [2.05, 4.69) is 0 Å². The SMILES string of the molecule is O=C(Oc1cc(P2(=O)Oc3ccccc3-c3ccccc32)c(OC(=O)c2ccc3c(c2)C(=O)N(c2ccc(O)cc2)C3=O)c2ccccc12)c1ccc2c(c1)C(=O)N(c1ccc(O)cc1)C2=O. The van der Waals surface area contributed by atoms with E-state index < -0.39 is 42.9 Å². The van der Waals surface area contributed by atoms with Crippen LogP contribution in [-0.2, 0) is 4.57 Å². The molecule has 3 heterocycles. The first-order valence-corrected chi connectivity index (χ1v) is 22.1. The second kappa shape index (κ2) is 15.3. The van der Waals surface area contributed by atoms with Crippen molar-refractivity contribution in [1.29, 1.82) is 0 Å². The molecule has 0 radical (unpaired) electrons. The Balaban J connectivity index is 1.01. The summed E-state index contributed by atoms with van der Waals surface area (Å²) in [5.41, 5.74) is 1.40. The van der Waals surface area contributed by atoms with Crippen LogP contribution in [0.15, 0.2) is 164 Å². The van der Waals surface area contributed by atoms with Crippen LogP contribution in [0.1, 0.15) is 62.1 Å². The minimum absolute atomic E-state index is 0.0382. The van der Waals surface area contributed by atoms with Gasteiger partial charge in [0.2, 0.25) is 0 Å². The summed E-state index contributed by atoms with van der Waals surface area (Å²) in [6.07, 6.45) is 0. The first-order chi connectivity index (χ1) is 32.4. The fourth-order valence-corrected chi connectivity index (χ4v) is 10.9. The Morgan fingerprint density at radius 2 is 0.940 bits per heavy atom. The number of benzene rings is 8. The van der Waals surface area contributed by atoms with Gasteiger partial charge >= 0.3 is 19.3 Å². The van der Waals surface area contributed by atoms with Crippen LogP contribution in [0.2, 0.25) is 0 Å². The first kappa shape index (κ1) is 40.6. The molecule has 1 atom stereocenters. The van der Waals surface area contributed by atoms with Gasteiger partial charge in [-0.15, -0.1) is 0 Å². The molecule has 3 aliphatic heterocycles. The van der Waals surface area contributed by atoms with Gasteiger partial charge in [0.1, 0.15) is 23.0 Å². The van der Waals surface area contributed by atoms with Crippen molar-refractivity contribution in [2.75, 3.05) is 9.80 Å². The highest BCUT2D eigenvalue weighted by atomic mass is 31.2. The van der Waals surface area contributed by atoms with E-state index in [4.69, 9.17) is 14.0 Å². The van der Waals surface area contributed by atoms with Crippen LogP contribution in [0.3, 0.4) is 0 Å². The number of aromatic hydroxyl groups is 2. The summed E-state index contributed by atoms with van der Waals surface area (Å²) in [7, 11) is -4.36. The second-order valence-corrected chi connectivity index (χ2v) is 17.9. The summed E-state index contributed by atoms with van der Waals surface area (Å²) in [6.45, 7) is 0. The number of hydrogen-bond donors (Lipinski definition) is 2. The number of anilines is 2. The fraction of sp³-hybridized carbons (Fsp3) is 0. The molecule has 2 N–H and O–H groups in total. The van der Waals surface area contributed by atoms with Crippen molar-refractivity contribution in [2.24, 2.45) is 0 Å². The number of phenols is 2. The van der Waals surface area contributed by atoms with Crippen LogP contribution in [0.25, 0.3) is 21.9 Å². The largest absolute Gasteiger partial charge is 0.508 e. The zero-order valence-corrected chi connectivity index (χ0v) is 35.3. The molecule has 8 aromatic carbocycles. The average molecular weight is 905 g/mol. The van der Waals surface area contributed by atoms with Crippen molar-refractivity contribution >= 4 is 75.7 Å². The van der Waals surface area contributed by atoms with Crippen LogP contribution in [-0.4, -0.2) is 45.8 Å². The van der Waals surface area contributed by atoms with Crippen molar-refractivity contribution in [3.8, 4) is 39.9 Å². The normalized spacial score (nSPS) is 15.7. The predicted molar refractivity (Wildman–Crippen MR) is 245 cm³/mol. The maximum atomic E-state index is 16.0. The van der Waals surface area contributed by atoms with Gasteiger partial charge in [-0.25, -0.2) is 19.4 Å². The summed E-state index contributed by atoms with van der Waals surface area (Å²) in [4.78, 5) is 84.5. The van der Waals surface area contributed by atoms with Gasteiger partial charge < -0.3 is 24.2 Å². The van der Waals surface area contributed by atoms with E-state index in [1.165, 1.54) is 91.0 Å². The Kier molecular flexibility index (Phi) is 9.25. The molecule has 15 heteroatoms. The zero-order chi connectivity index (χ0) is 46.3. The van der Waals surface area contributed by atoms with Crippen LogP contribution >= 0.6 is 7.37 Å². The number of amides is 4. The van der Waals surface area contributed by atoms with Crippen LogP contribution in [0.5, 0.6) is 28.7 Å². The van der Waals surface area contributed by atoms with Crippen LogP contribution in [0, 0.1) is 0 Å². The summed E-state index contributed by atoms with van der Waals surface area (Å²) in [5.74, 6) is -4.76. The van der Waals surface area contributed by atoms with E-state index in [9.17, 15) is 39.0 Å². The predicted octanol–water partition coefficient (Wildman–Crippen LogP) is 8.58. The van der Waals surface area contributed by atoms with Gasteiger partial charge in [-0.2, -0.15) is 0 Å². The molecule has 11 rings (SSSR count). The van der Waals surface area contributed by atoms with Gasteiger partial charge in [-0.05, 0) is 109 Å². The standard InChI is InChI=1S/C52H29N2O12P/c55-32-19-15-30(16-20-32)53-47(57)38-23-13-28(25-40(38)49(53)59)51(61)64-43-27-45(67(63)44-12-6-4-9-36(44)34-7-3-5-11-42(34)66-67)46(37-10-2-1-8-35(37)43)65-52(62)29-14-24-39-41(26-29)50(60)54(48(39)58)31-17-21-33(56)22-18-31/h1-27,55-56H. The summed E-state index contributed by atoms with van der Waals surface area (Å²) >= 11 is 0. The first-order valence-electron chi connectivity index (χ1n) is 20.5. The number of phenolic OH excluding ortho intramolecular Hbond substituents is 2. The molecule has 67 heavy (non-hydrogen) atoms. The van der Waals surface area contributed by atoms with Crippen molar-refractivity contribution < 1.29 is 57.5 Å². The van der Waals surface area contributed by atoms with Crippen molar-refractivity contribution in [3.63, 3.8) is 0 Å². The van der Waals surface area contributed by atoms with E-state index >= 15 is 4.57 Å². The zero-order valence-electron chi connectivity index (χ0n) is 34.4. The molecule has 324 valence electrons. The lowest BCUT2D eigenvalue weighted by atomic mass is 10.0. The molecule has 4 amide bonds. The Hall–Kier alpha value is -9.13. The number of ether oxygens (including phenoxy) is 2. The third kappa shape index (κ3) is 6.45. The molecule has 0 bridgehead atoms. The van der Waals surface area contributed by atoms with Gasteiger partial charge in [0, 0.05) is 16.3 Å². The summed E-state index contributed by atoms with van der Waals surface area (Å²) < 4.78 is 34.7. The molecule has 0 saturated heterocycles.